The van der Waals surface area contributed by atoms with E-state index in [0.29, 0.717) is 27.7 Å². The highest BCUT2D eigenvalue weighted by Gasteiger charge is 2.10. The van der Waals surface area contributed by atoms with E-state index in [2.05, 4.69) is 15.6 Å². The number of nitrogens with one attached hydrogen (secondary N) is 2. The molecule has 0 aliphatic heterocycles. The maximum Gasteiger partial charge on any atom is 0.260 e. The van der Waals surface area contributed by atoms with Crippen LogP contribution in [0.25, 0.3) is 10.9 Å². The van der Waals surface area contributed by atoms with E-state index in [4.69, 9.17) is 0 Å². The second kappa shape index (κ2) is 8.02. The van der Waals surface area contributed by atoms with E-state index in [9.17, 15) is 14.0 Å². The molecule has 0 bridgehead atoms. The van der Waals surface area contributed by atoms with E-state index in [0.717, 1.165) is 16.9 Å². The van der Waals surface area contributed by atoms with Crippen LogP contribution in [0.3, 0.4) is 0 Å². The molecule has 156 valence electrons. The van der Waals surface area contributed by atoms with Crippen molar-refractivity contribution in [3.05, 3.63) is 93.8 Å². The Morgan fingerprint density at radius 2 is 1.74 bits per heavy atom. The molecular weight excluding hydrogens is 395 g/mol. The molecule has 0 atom stereocenters. The zero-order valence-corrected chi connectivity index (χ0v) is 17.4. The molecule has 0 radical (unpaired) electrons. The fraction of sp³-hybridized carbons (Fsp3) is 0.125. The number of halogens is 1. The lowest BCUT2D eigenvalue weighted by atomic mass is 10.1. The van der Waals surface area contributed by atoms with E-state index >= 15 is 0 Å². The molecule has 0 saturated carbocycles. The van der Waals surface area contributed by atoms with Gasteiger partial charge in [-0.3, -0.25) is 9.59 Å². The highest BCUT2D eigenvalue weighted by Crippen LogP contribution is 2.26. The zero-order valence-electron chi connectivity index (χ0n) is 17.4. The summed E-state index contributed by atoms with van der Waals surface area (Å²) in [4.78, 5) is 29.2. The van der Waals surface area contributed by atoms with Gasteiger partial charge in [0.05, 0.1) is 17.2 Å². The van der Waals surface area contributed by atoms with Crippen LogP contribution in [0.4, 0.5) is 21.5 Å². The Labute approximate surface area is 178 Å². The minimum Gasteiger partial charge on any atom is -0.355 e. The molecule has 1 heterocycles. The van der Waals surface area contributed by atoms with E-state index in [1.165, 1.54) is 29.1 Å². The first-order chi connectivity index (χ1) is 14.8. The Bertz CT molecular complexity index is 1380. The Morgan fingerprint density at radius 3 is 2.52 bits per heavy atom. The SMILES string of the molecule is Cc1cc(C(=O)Nc2ccc(C)c(Nc3ccc4ncn(C)c(=O)c4c3)c2)ccc1F. The van der Waals surface area contributed by atoms with Crippen LogP contribution in [0.15, 0.2) is 65.7 Å². The summed E-state index contributed by atoms with van der Waals surface area (Å²) in [5, 5.41) is 6.66. The standard InChI is InChI=1S/C24H21FN4O2/c1-14-4-6-18(28-23(30)16-5-8-20(25)15(2)10-16)12-22(14)27-17-7-9-21-19(11-17)24(31)29(3)13-26-21/h4-13,27H,1-3H3,(H,28,30). The molecule has 6 nitrogen and oxygen atoms in total. The molecule has 31 heavy (non-hydrogen) atoms. The van der Waals surface area contributed by atoms with Gasteiger partial charge in [-0.15, -0.1) is 0 Å². The fourth-order valence-electron chi connectivity index (χ4n) is 3.27. The Morgan fingerprint density at radius 1 is 0.968 bits per heavy atom. The number of carbonyl (C=O) groups is 1. The molecule has 1 amide bonds. The van der Waals surface area contributed by atoms with Crippen molar-refractivity contribution in [3.63, 3.8) is 0 Å². The topological polar surface area (TPSA) is 76.0 Å². The third-order valence-electron chi connectivity index (χ3n) is 5.11. The molecule has 3 aromatic carbocycles. The molecule has 0 aliphatic rings. The van der Waals surface area contributed by atoms with Crippen LogP contribution in [0.2, 0.25) is 0 Å². The maximum atomic E-state index is 13.5. The second-order valence-corrected chi connectivity index (χ2v) is 7.47. The molecule has 0 aliphatic carbocycles. The summed E-state index contributed by atoms with van der Waals surface area (Å²) in [5.74, 6) is -0.669. The number of carbonyl (C=O) groups excluding carboxylic acids is 1. The van der Waals surface area contributed by atoms with E-state index < -0.39 is 0 Å². The van der Waals surface area contributed by atoms with E-state index in [1.807, 2.05) is 25.1 Å². The Balaban J connectivity index is 1.60. The smallest absolute Gasteiger partial charge is 0.260 e. The monoisotopic (exact) mass is 416 g/mol. The predicted molar refractivity (Wildman–Crippen MR) is 121 cm³/mol. The van der Waals surface area contributed by atoms with E-state index in [1.54, 1.807) is 32.2 Å². The zero-order chi connectivity index (χ0) is 22.1. The first-order valence-corrected chi connectivity index (χ1v) is 9.72. The van der Waals surface area contributed by atoms with Gasteiger partial charge in [-0.2, -0.15) is 0 Å². The summed E-state index contributed by atoms with van der Waals surface area (Å²) in [6.07, 6.45) is 1.50. The summed E-state index contributed by atoms with van der Waals surface area (Å²) < 4.78 is 14.9. The van der Waals surface area contributed by atoms with Crippen LogP contribution < -0.4 is 16.2 Å². The quantitative estimate of drug-likeness (QED) is 0.506. The number of anilines is 3. The highest BCUT2D eigenvalue weighted by atomic mass is 19.1. The van der Waals surface area contributed by atoms with Crippen molar-refractivity contribution >= 4 is 33.9 Å². The van der Waals surface area contributed by atoms with Gasteiger partial charge in [-0.05, 0) is 73.5 Å². The molecule has 0 unspecified atom stereocenters. The summed E-state index contributed by atoms with van der Waals surface area (Å²) in [7, 11) is 1.66. The number of hydrogen-bond acceptors (Lipinski definition) is 4. The molecule has 7 heteroatoms. The summed E-state index contributed by atoms with van der Waals surface area (Å²) in [6, 6.07) is 15.1. The molecular formula is C24H21FN4O2. The van der Waals surface area contributed by atoms with Crippen molar-refractivity contribution in [2.45, 2.75) is 13.8 Å². The molecule has 0 saturated heterocycles. The van der Waals surface area contributed by atoms with Crippen molar-refractivity contribution in [2.24, 2.45) is 7.05 Å². The maximum absolute atomic E-state index is 13.5. The lowest BCUT2D eigenvalue weighted by Gasteiger charge is -2.13. The number of rotatable bonds is 4. The van der Waals surface area contributed by atoms with Crippen molar-refractivity contribution in [3.8, 4) is 0 Å². The number of amides is 1. The van der Waals surface area contributed by atoms with Gasteiger partial charge >= 0.3 is 0 Å². The number of fused-ring (bicyclic) bond motifs is 1. The molecule has 0 fully saturated rings. The van der Waals surface area contributed by atoms with Gasteiger partial charge < -0.3 is 15.2 Å². The Kier molecular flexibility index (Phi) is 5.25. The second-order valence-electron chi connectivity index (χ2n) is 7.47. The van der Waals surface area contributed by atoms with Crippen LogP contribution in [-0.2, 0) is 7.05 Å². The van der Waals surface area contributed by atoms with Crippen LogP contribution >= 0.6 is 0 Å². The number of nitrogens with zero attached hydrogens (tertiary/aromatic N) is 2. The lowest BCUT2D eigenvalue weighted by molar-refractivity contribution is 0.102. The van der Waals surface area contributed by atoms with Crippen molar-refractivity contribution < 1.29 is 9.18 Å². The van der Waals surface area contributed by atoms with E-state index in [-0.39, 0.29) is 17.3 Å². The van der Waals surface area contributed by atoms with Gasteiger partial charge in [0.15, 0.2) is 0 Å². The largest absolute Gasteiger partial charge is 0.355 e. The van der Waals surface area contributed by atoms with Crippen molar-refractivity contribution in [2.75, 3.05) is 10.6 Å². The van der Waals surface area contributed by atoms with Crippen molar-refractivity contribution in [1.29, 1.82) is 0 Å². The normalized spacial score (nSPS) is 10.8. The van der Waals surface area contributed by atoms with Crippen LogP contribution in [0, 0.1) is 19.7 Å². The first kappa shape index (κ1) is 20.3. The molecule has 4 aromatic rings. The summed E-state index contributed by atoms with van der Waals surface area (Å²) >= 11 is 0. The van der Waals surface area contributed by atoms with Gasteiger partial charge in [0.1, 0.15) is 5.82 Å². The number of aryl methyl sites for hydroxylation is 3. The fourth-order valence-corrected chi connectivity index (χ4v) is 3.27. The molecule has 4 rings (SSSR count). The van der Waals surface area contributed by atoms with Gasteiger partial charge in [-0.1, -0.05) is 6.07 Å². The molecule has 2 N–H and O–H groups in total. The average Bonchev–Trinajstić information content (AvgIpc) is 2.75. The van der Waals surface area contributed by atoms with Crippen molar-refractivity contribution in [1.82, 2.24) is 9.55 Å². The van der Waals surface area contributed by atoms with Gasteiger partial charge in [0, 0.05) is 29.7 Å². The van der Waals surface area contributed by atoms with Gasteiger partial charge in [-0.25, -0.2) is 9.37 Å². The minimum atomic E-state index is -0.348. The van der Waals surface area contributed by atoms with Crippen LogP contribution in [0.5, 0.6) is 0 Å². The highest BCUT2D eigenvalue weighted by molar-refractivity contribution is 6.04. The lowest BCUT2D eigenvalue weighted by Crippen LogP contribution is -2.16. The number of aromatic nitrogens is 2. The Hall–Kier alpha value is -4.00. The first-order valence-electron chi connectivity index (χ1n) is 9.72. The summed E-state index contributed by atoms with van der Waals surface area (Å²) in [5.41, 5.74) is 4.38. The van der Waals surface area contributed by atoms with Crippen LogP contribution in [-0.4, -0.2) is 15.5 Å². The third-order valence-corrected chi connectivity index (χ3v) is 5.11. The minimum absolute atomic E-state index is 0.124. The predicted octanol–water partition coefficient (Wildman–Crippen LogP) is 4.69. The number of hydrogen-bond donors (Lipinski definition) is 2. The summed E-state index contributed by atoms with van der Waals surface area (Å²) in [6.45, 7) is 3.56. The average molecular weight is 416 g/mol. The van der Waals surface area contributed by atoms with Gasteiger partial charge in [0.25, 0.3) is 11.5 Å². The molecule has 1 aromatic heterocycles. The number of benzene rings is 3. The molecule has 0 spiro atoms. The van der Waals surface area contributed by atoms with Crippen LogP contribution in [0.1, 0.15) is 21.5 Å². The third kappa shape index (κ3) is 4.16. The van der Waals surface area contributed by atoms with Gasteiger partial charge in [0.2, 0.25) is 0 Å².